The van der Waals surface area contributed by atoms with E-state index in [0.717, 1.165) is 6.42 Å². The fourth-order valence-electron chi connectivity index (χ4n) is 1.61. The van der Waals surface area contributed by atoms with Gasteiger partial charge in [-0.15, -0.1) is 11.3 Å². The summed E-state index contributed by atoms with van der Waals surface area (Å²) in [5, 5.41) is 7.85. The van der Waals surface area contributed by atoms with Crippen molar-refractivity contribution in [3.63, 3.8) is 0 Å². The minimum Gasteiger partial charge on any atom is -0.333 e. The molecule has 0 saturated carbocycles. The fourth-order valence-corrected chi connectivity index (χ4v) is 2.45. The van der Waals surface area contributed by atoms with Crippen molar-refractivity contribution in [2.75, 3.05) is 0 Å². The molecule has 1 fully saturated rings. The van der Waals surface area contributed by atoms with Gasteiger partial charge in [0.1, 0.15) is 0 Å². The van der Waals surface area contributed by atoms with Crippen molar-refractivity contribution in [1.29, 1.82) is 0 Å². The summed E-state index contributed by atoms with van der Waals surface area (Å²) >= 11 is 1.69. The minimum atomic E-state index is -0.0507. The number of carbonyl (C=O) groups excluding carboxylic acids is 1. The number of rotatable bonds is 2. The molecule has 70 valence electrons. The van der Waals surface area contributed by atoms with E-state index in [4.69, 9.17) is 0 Å². The van der Waals surface area contributed by atoms with E-state index in [2.05, 4.69) is 23.6 Å². The molecule has 0 radical (unpaired) electrons. The largest absolute Gasteiger partial charge is 0.333 e. The van der Waals surface area contributed by atoms with Crippen LogP contribution in [0.15, 0.2) is 17.5 Å². The highest BCUT2D eigenvalue weighted by atomic mass is 32.1. The van der Waals surface area contributed by atoms with E-state index in [-0.39, 0.29) is 18.1 Å². The Morgan fingerprint density at radius 3 is 3.00 bits per heavy atom. The number of nitrogens with one attached hydrogen (secondary N) is 2. The van der Waals surface area contributed by atoms with Gasteiger partial charge >= 0.3 is 6.03 Å². The molecule has 2 amide bonds. The molecule has 2 heterocycles. The number of hydrogen-bond acceptors (Lipinski definition) is 2. The van der Waals surface area contributed by atoms with Crippen LogP contribution in [0.25, 0.3) is 0 Å². The Balaban J connectivity index is 2.19. The summed E-state index contributed by atoms with van der Waals surface area (Å²) in [6.07, 6.45) is 0.960. The van der Waals surface area contributed by atoms with Crippen molar-refractivity contribution in [1.82, 2.24) is 10.6 Å². The van der Waals surface area contributed by atoms with Crippen LogP contribution in [0.5, 0.6) is 0 Å². The predicted molar refractivity (Wildman–Crippen MR) is 52.8 cm³/mol. The third-order valence-electron chi connectivity index (χ3n) is 2.29. The summed E-state index contributed by atoms with van der Waals surface area (Å²) in [6, 6.07) is 4.43. The average molecular weight is 196 g/mol. The molecule has 0 bridgehead atoms. The van der Waals surface area contributed by atoms with Gasteiger partial charge in [-0.05, 0) is 17.9 Å². The van der Waals surface area contributed by atoms with Crippen LogP contribution in [0, 0.1) is 0 Å². The fraction of sp³-hybridized carbons (Fsp3) is 0.444. The van der Waals surface area contributed by atoms with Crippen molar-refractivity contribution in [2.24, 2.45) is 0 Å². The third kappa shape index (κ3) is 1.54. The first-order valence-electron chi connectivity index (χ1n) is 4.41. The first-order chi connectivity index (χ1) is 6.31. The molecule has 13 heavy (non-hydrogen) atoms. The highest BCUT2D eigenvalue weighted by Gasteiger charge is 2.31. The van der Waals surface area contributed by atoms with E-state index < -0.39 is 0 Å². The second-order valence-electron chi connectivity index (χ2n) is 3.13. The van der Waals surface area contributed by atoms with E-state index in [1.165, 1.54) is 4.88 Å². The van der Waals surface area contributed by atoms with Gasteiger partial charge in [-0.2, -0.15) is 0 Å². The van der Waals surface area contributed by atoms with E-state index in [9.17, 15) is 4.79 Å². The SMILES string of the molecule is CC[C@H]1NC(=O)N[C@H]1c1cccs1. The van der Waals surface area contributed by atoms with Gasteiger partial charge in [0, 0.05) is 4.88 Å². The van der Waals surface area contributed by atoms with Gasteiger partial charge in [-0.1, -0.05) is 13.0 Å². The molecule has 1 aliphatic heterocycles. The van der Waals surface area contributed by atoms with Crippen LogP contribution in [0.4, 0.5) is 4.79 Å². The normalized spacial score (nSPS) is 27.0. The standard InChI is InChI=1S/C9H12N2OS/c1-2-6-8(11-9(12)10-6)7-4-3-5-13-7/h3-6,8H,2H2,1H3,(H2,10,11,12)/t6-,8-/m1/s1. The van der Waals surface area contributed by atoms with E-state index in [0.29, 0.717) is 0 Å². The first kappa shape index (κ1) is 8.56. The summed E-state index contributed by atoms with van der Waals surface area (Å²) < 4.78 is 0. The number of thiophene rings is 1. The van der Waals surface area contributed by atoms with Crippen LogP contribution in [0.3, 0.4) is 0 Å². The lowest BCUT2D eigenvalue weighted by Crippen LogP contribution is -2.26. The Hall–Kier alpha value is -1.03. The van der Waals surface area contributed by atoms with Gasteiger partial charge in [0.2, 0.25) is 0 Å². The molecule has 2 N–H and O–H groups in total. The molecule has 2 rings (SSSR count). The zero-order valence-electron chi connectivity index (χ0n) is 7.41. The lowest BCUT2D eigenvalue weighted by molar-refractivity contribution is 0.247. The van der Waals surface area contributed by atoms with Crippen LogP contribution in [0.1, 0.15) is 24.3 Å². The number of hydrogen-bond donors (Lipinski definition) is 2. The van der Waals surface area contributed by atoms with E-state index >= 15 is 0 Å². The predicted octanol–water partition coefficient (Wildman–Crippen LogP) is 1.88. The number of carbonyl (C=O) groups is 1. The highest BCUT2D eigenvalue weighted by Crippen LogP contribution is 2.26. The molecular weight excluding hydrogens is 184 g/mol. The maximum atomic E-state index is 11.1. The van der Waals surface area contributed by atoms with Crippen LogP contribution in [0.2, 0.25) is 0 Å². The Morgan fingerprint density at radius 2 is 2.38 bits per heavy atom. The van der Waals surface area contributed by atoms with Crippen LogP contribution >= 0.6 is 11.3 Å². The Bertz CT molecular complexity index is 297. The molecule has 0 aromatic carbocycles. The van der Waals surface area contributed by atoms with E-state index in [1.54, 1.807) is 11.3 Å². The van der Waals surface area contributed by atoms with Gasteiger partial charge in [-0.25, -0.2) is 4.79 Å². The molecule has 2 atom stereocenters. The Labute approximate surface area is 81.2 Å². The molecule has 1 saturated heterocycles. The van der Waals surface area contributed by atoms with Crippen LogP contribution in [-0.4, -0.2) is 12.1 Å². The highest BCUT2D eigenvalue weighted by molar-refractivity contribution is 7.10. The molecule has 0 spiro atoms. The average Bonchev–Trinajstić information content (AvgIpc) is 2.71. The molecule has 1 aromatic rings. The molecule has 1 aromatic heterocycles. The molecule has 3 nitrogen and oxygen atoms in total. The first-order valence-corrected chi connectivity index (χ1v) is 5.29. The second-order valence-corrected chi connectivity index (χ2v) is 4.10. The zero-order valence-corrected chi connectivity index (χ0v) is 8.23. The minimum absolute atomic E-state index is 0.0507. The van der Waals surface area contributed by atoms with Crippen molar-refractivity contribution in [3.05, 3.63) is 22.4 Å². The topological polar surface area (TPSA) is 41.1 Å². The van der Waals surface area contributed by atoms with Crippen molar-refractivity contribution in [3.8, 4) is 0 Å². The molecular formula is C9H12N2OS. The van der Waals surface area contributed by atoms with Crippen LogP contribution < -0.4 is 10.6 Å². The Morgan fingerprint density at radius 1 is 1.54 bits per heavy atom. The third-order valence-corrected chi connectivity index (χ3v) is 3.25. The number of urea groups is 1. The second kappa shape index (κ2) is 3.38. The van der Waals surface area contributed by atoms with Gasteiger partial charge < -0.3 is 10.6 Å². The molecule has 4 heteroatoms. The van der Waals surface area contributed by atoms with Gasteiger partial charge in [0.25, 0.3) is 0 Å². The number of amides is 2. The summed E-state index contributed by atoms with van der Waals surface area (Å²) in [4.78, 5) is 12.3. The maximum absolute atomic E-state index is 11.1. The summed E-state index contributed by atoms with van der Waals surface area (Å²) in [5.41, 5.74) is 0. The van der Waals surface area contributed by atoms with Crippen molar-refractivity contribution in [2.45, 2.75) is 25.4 Å². The van der Waals surface area contributed by atoms with Crippen molar-refractivity contribution < 1.29 is 4.79 Å². The lowest BCUT2D eigenvalue weighted by Gasteiger charge is -2.14. The quantitative estimate of drug-likeness (QED) is 0.745. The Kier molecular flexibility index (Phi) is 2.22. The van der Waals surface area contributed by atoms with Gasteiger partial charge in [0.05, 0.1) is 12.1 Å². The maximum Gasteiger partial charge on any atom is 0.315 e. The molecule has 1 aliphatic rings. The monoisotopic (exact) mass is 196 g/mol. The molecule has 0 aliphatic carbocycles. The van der Waals surface area contributed by atoms with Crippen LogP contribution in [-0.2, 0) is 0 Å². The summed E-state index contributed by atoms with van der Waals surface area (Å²) in [7, 11) is 0. The summed E-state index contributed by atoms with van der Waals surface area (Å²) in [6.45, 7) is 2.08. The summed E-state index contributed by atoms with van der Waals surface area (Å²) in [5.74, 6) is 0. The van der Waals surface area contributed by atoms with E-state index in [1.807, 2.05) is 11.4 Å². The van der Waals surface area contributed by atoms with Crippen molar-refractivity contribution >= 4 is 17.4 Å². The smallest absolute Gasteiger partial charge is 0.315 e. The van der Waals surface area contributed by atoms with Gasteiger partial charge in [0.15, 0.2) is 0 Å². The zero-order chi connectivity index (χ0) is 9.26. The van der Waals surface area contributed by atoms with Gasteiger partial charge in [-0.3, -0.25) is 0 Å². The molecule has 0 unspecified atom stereocenters. The lowest BCUT2D eigenvalue weighted by atomic mass is 10.1.